The average Bonchev–Trinajstić information content (AvgIpc) is 3.41. The standard InChI is InChI=1S/C23H31N5O2S2/c1-5-6-7-8-12-28-22(30)19-16-10-9-11-17(16)32-21(19)25-23(28)31-13-18(29)24-20-14(2)26-27(4)15(20)3/h5-13H2,1-4H3,(H,24,29). The van der Waals surface area contributed by atoms with Crippen LogP contribution in [0.25, 0.3) is 10.2 Å². The molecular formula is C23H31N5O2S2. The van der Waals surface area contributed by atoms with E-state index in [1.165, 1.54) is 22.2 Å². The quantitative estimate of drug-likeness (QED) is 0.279. The molecule has 0 fully saturated rings. The van der Waals surface area contributed by atoms with E-state index >= 15 is 0 Å². The van der Waals surface area contributed by atoms with Crippen LogP contribution in [0.3, 0.4) is 0 Å². The van der Waals surface area contributed by atoms with Crippen LogP contribution in [0.1, 0.15) is 60.9 Å². The van der Waals surface area contributed by atoms with Crippen molar-refractivity contribution in [1.29, 1.82) is 0 Å². The fraction of sp³-hybridized carbons (Fsp3) is 0.565. The second-order valence-electron chi connectivity index (χ2n) is 8.46. The molecule has 0 atom stereocenters. The topological polar surface area (TPSA) is 81.8 Å². The number of hydrogen-bond acceptors (Lipinski definition) is 6. The van der Waals surface area contributed by atoms with Gasteiger partial charge in [0.05, 0.1) is 28.2 Å². The fourth-order valence-electron chi connectivity index (χ4n) is 4.32. The van der Waals surface area contributed by atoms with Crippen molar-refractivity contribution in [3.63, 3.8) is 0 Å². The van der Waals surface area contributed by atoms with Gasteiger partial charge in [-0.15, -0.1) is 11.3 Å². The number of nitrogens with one attached hydrogen (secondary N) is 1. The summed E-state index contributed by atoms with van der Waals surface area (Å²) in [5.74, 6) is 0.0842. The second kappa shape index (κ2) is 9.79. The first-order valence-electron chi connectivity index (χ1n) is 11.4. The molecule has 7 nitrogen and oxygen atoms in total. The van der Waals surface area contributed by atoms with Crippen molar-refractivity contribution in [3.05, 3.63) is 32.2 Å². The summed E-state index contributed by atoms with van der Waals surface area (Å²) in [6, 6.07) is 0. The van der Waals surface area contributed by atoms with E-state index in [-0.39, 0.29) is 17.2 Å². The van der Waals surface area contributed by atoms with Crippen molar-refractivity contribution in [2.24, 2.45) is 7.05 Å². The Kier molecular flexibility index (Phi) is 7.05. The Morgan fingerprint density at radius 3 is 2.75 bits per heavy atom. The Morgan fingerprint density at radius 2 is 2.03 bits per heavy atom. The Morgan fingerprint density at radius 1 is 1.22 bits per heavy atom. The van der Waals surface area contributed by atoms with Gasteiger partial charge in [-0.05, 0) is 45.1 Å². The summed E-state index contributed by atoms with van der Waals surface area (Å²) in [7, 11) is 1.86. The number of thiophene rings is 1. The summed E-state index contributed by atoms with van der Waals surface area (Å²) < 4.78 is 3.57. The van der Waals surface area contributed by atoms with Crippen LogP contribution in [-0.2, 0) is 31.2 Å². The summed E-state index contributed by atoms with van der Waals surface area (Å²) >= 11 is 3.00. The number of aryl methyl sites for hydroxylation is 4. The lowest BCUT2D eigenvalue weighted by molar-refractivity contribution is -0.113. The molecule has 3 aromatic rings. The number of amides is 1. The van der Waals surface area contributed by atoms with E-state index in [9.17, 15) is 9.59 Å². The first kappa shape index (κ1) is 23.0. The van der Waals surface area contributed by atoms with Crippen LogP contribution in [-0.4, -0.2) is 31.0 Å². The van der Waals surface area contributed by atoms with E-state index in [1.54, 1.807) is 16.0 Å². The Balaban J connectivity index is 1.57. The minimum atomic E-state index is -0.116. The maximum atomic E-state index is 13.5. The predicted octanol–water partition coefficient (Wildman–Crippen LogP) is 4.61. The van der Waals surface area contributed by atoms with Gasteiger partial charge in [-0.1, -0.05) is 37.9 Å². The maximum absolute atomic E-state index is 13.5. The third kappa shape index (κ3) is 4.50. The van der Waals surface area contributed by atoms with Gasteiger partial charge >= 0.3 is 0 Å². The molecule has 0 radical (unpaired) electrons. The van der Waals surface area contributed by atoms with Gasteiger partial charge in [-0.2, -0.15) is 5.10 Å². The van der Waals surface area contributed by atoms with Crippen molar-refractivity contribution in [1.82, 2.24) is 19.3 Å². The van der Waals surface area contributed by atoms with E-state index in [2.05, 4.69) is 17.3 Å². The Bertz CT molecular complexity index is 1210. The van der Waals surface area contributed by atoms with Gasteiger partial charge in [0.1, 0.15) is 4.83 Å². The smallest absolute Gasteiger partial charge is 0.263 e. The number of aromatic nitrogens is 4. The Hall–Kier alpha value is -2.13. The third-order valence-electron chi connectivity index (χ3n) is 6.13. The van der Waals surface area contributed by atoms with E-state index in [1.807, 2.05) is 25.5 Å². The lowest BCUT2D eigenvalue weighted by Crippen LogP contribution is -2.24. The highest BCUT2D eigenvalue weighted by molar-refractivity contribution is 7.99. The Labute approximate surface area is 196 Å². The molecule has 1 aliphatic rings. The second-order valence-corrected chi connectivity index (χ2v) is 10.5. The molecule has 4 rings (SSSR count). The molecule has 172 valence electrons. The molecule has 0 saturated carbocycles. The molecule has 1 amide bonds. The van der Waals surface area contributed by atoms with Gasteiger partial charge in [0.2, 0.25) is 5.91 Å². The number of carbonyl (C=O) groups is 1. The third-order valence-corrected chi connectivity index (χ3v) is 8.29. The molecule has 1 aliphatic carbocycles. The SMILES string of the molecule is CCCCCCn1c(SCC(=O)Nc2c(C)nn(C)c2C)nc2sc3c(c2c1=O)CCC3. The minimum absolute atomic E-state index is 0.0627. The fourth-order valence-corrected chi connectivity index (χ4v) is 6.45. The number of rotatable bonds is 9. The lowest BCUT2D eigenvalue weighted by Gasteiger charge is -2.12. The molecule has 32 heavy (non-hydrogen) atoms. The largest absolute Gasteiger partial charge is 0.322 e. The molecule has 0 unspecified atom stereocenters. The molecule has 3 aromatic heterocycles. The van der Waals surface area contributed by atoms with Crippen LogP contribution in [0.5, 0.6) is 0 Å². The van der Waals surface area contributed by atoms with Crippen LogP contribution in [0, 0.1) is 13.8 Å². The first-order chi connectivity index (χ1) is 15.4. The van der Waals surface area contributed by atoms with Gasteiger partial charge in [-0.3, -0.25) is 18.8 Å². The number of anilines is 1. The summed E-state index contributed by atoms with van der Waals surface area (Å²) in [4.78, 5) is 33.2. The summed E-state index contributed by atoms with van der Waals surface area (Å²) in [5, 5.41) is 8.79. The predicted molar refractivity (Wildman–Crippen MR) is 132 cm³/mol. The summed E-state index contributed by atoms with van der Waals surface area (Å²) in [5.41, 5.74) is 3.74. The number of unbranched alkanes of at least 4 members (excludes halogenated alkanes) is 3. The molecule has 3 heterocycles. The van der Waals surface area contributed by atoms with Crippen LogP contribution < -0.4 is 10.9 Å². The van der Waals surface area contributed by atoms with Crippen LogP contribution in [0.2, 0.25) is 0 Å². The summed E-state index contributed by atoms with van der Waals surface area (Å²) in [6.07, 6.45) is 7.48. The molecular weight excluding hydrogens is 442 g/mol. The van der Waals surface area contributed by atoms with Gasteiger partial charge < -0.3 is 5.32 Å². The van der Waals surface area contributed by atoms with E-state index < -0.39 is 0 Å². The zero-order valence-electron chi connectivity index (χ0n) is 19.3. The highest BCUT2D eigenvalue weighted by Crippen LogP contribution is 2.35. The van der Waals surface area contributed by atoms with E-state index in [0.717, 1.165) is 72.2 Å². The lowest BCUT2D eigenvalue weighted by atomic mass is 10.2. The van der Waals surface area contributed by atoms with Crippen molar-refractivity contribution >= 4 is 44.9 Å². The van der Waals surface area contributed by atoms with Gasteiger partial charge in [0.25, 0.3) is 5.56 Å². The minimum Gasteiger partial charge on any atom is -0.322 e. The average molecular weight is 474 g/mol. The van der Waals surface area contributed by atoms with Gasteiger partial charge in [-0.25, -0.2) is 4.98 Å². The summed E-state index contributed by atoms with van der Waals surface area (Å²) in [6.45, 7) is 6.65. The van der Waals surface area contributed by atoms with Gasteiger partial charge in [0.15, 0.2) is 5.16 Å². The normalized spacial score (nSPS) is 13.1. The van der Waals surface area contributed by atoms with E-state index in [0.29, 0.717) is 11.7 Å². The number of carbonyl (C=O) groups excluding carboxylic acids is 1. The van der Waals surface area contributed by atoms with E-state index in [4.69, 9.17) is 4.98 Å². The molecule has 0 aliphatic heterocycles. The molecule has 0 spiro atoms. The molecule has 0 saturated heterocycles. The zero-order valence-corrected chi connectivity index (χ0v) is 20.9. The van der Waals surface area contributed by atoms with Crippen LogP contribution >= 0.6 is 23.1 Å². The zero-order chi connectivity index (χ0) is 22.8. The van der Waals surface area contributed by atoms with Crippen LogP contribution in [0.15, 0.2) is 9.95 Å². The number of hydrogen-bond donors (Lipinski definition) is 1. The van der Waals surface area contributed by atoms with Gasteiger partial charge in [0, 0.05) is 18.5 Å². The highest BCUT2D eigenvalue weighted by atomic mass is 32.2. The molecule has 0 aromatic carbocycles. The highest BCUT2D eigenvalue weighted by Gasteiger charge is 2.23. The molecule has 0 bridgehead atoms. The van der Waals surface area contributed by atoms with Crippen molar-refractivity contribution < 1.29 is 4.79 Å². The van der Waals surface area contributed by atoms with Crippen molar-refractivity contribution in [2.45, 2.75) is 77.4 Å². The molecule has 9 heteroatoms. The first-order valence-corrected chi connectivity index (χ1v) is 13.2. The number of thioether (sulfide) groups is 1. The monoisotopic (exact) mass is 473 g/mol. The van der Waals surface area contributed by atoms with Crippen molar-refractivity contribution in [2.75, 3.05) is 11.1 Å². The number of nitrogens with zero attached hydrogens (tertiary/aromatic N) is 4. The molecule has 1 N–H and O–H groups in total. The van der Waals surface area contributed by atoms with Crippen LogP contribution in [0.4, 0.5) is 5.69 Å². The van der Waals surface area contributed by atoms with Crippen molar-refractivity contribution in [3.8, 4) is 0 Å². The maximum Gasteiger partial charge on any atom is 0.263 e. The number of fused-ring (bicyclic) bond motifs is 3.